The minimum atomic E-state index is -0.223. The Bertz CT molecular complexity index is 1250. The van der Waals surface area contributed by atoms with Crippen LogP contribution in [0.5, 0.6) is 5.75 Å². The largest absolute Gasteiger partial charge is 0.497 e. The van der Waals surface area contributed by atoms with E-state index < -0.39 is 0 Å². The van der Waals surface area contributed by atoms with Crippen molar-refractivity contribution in [1.82, 2.24) is 25.0 Å². The van der Waals surface area contributed by atoms with Crippen molar-refractivity contribution in [2.75, 3.05) is 24.8 Å². The molecule has 168 valence electrons. The number of nitrogens with zero attached hydrogens (tertiary/aromatic N) is 5. The first-order chi connectivity index (χ1) is 16.3. The van der Waals surface area contributed by atoms with Crippen LogP contribution in [0.1, 0.15) is 18.5 Å². The van der Waals surface area contributed by atoms with E-state index >= 15 is 0 Å². The van der Waals surface area contributed by atoms with Crippen molar-refractivity contribution in [3.05, 3.63) is 77.9 Å². The van der Waals surface area contributed by atoms with Crippen LogP contribution in [-0.4, -0.2) is 44.4 Å². The number of hydrogen-bond donors (Lipinski definition) is 1. The van der Waals surface area contributed by atoms with Crippen LogP contribution in [0.25, 0.3) is 10.6 Å². The van der Waals surface area contributed by atoms with Gasteiger partial charge >= 0.3 is 0 Å². The molecule has 3 heterocycles. The Labute approximate surface area is 199 Å². The second kappa shape index (κ2) is 9.63. The van der Waals surface area contributed by atoms with E-state index in [9.17, 15) is 0 Å². The van der Waals surface area contributed by atoms with Gasteiger partial charge in [-0.25, -0.2) is 4.68 Å². The van der Waals surface area contributed by atoms with Crippen molar-refractivity contribution in [3.63, 3.8) is 0 Å². The molecule has 1 atom stereocenters. The van der Waals surface area contributed by atoms with Gasteiger partial charge in [0.25, 0.3) is 0 Å². The van der Waals surface area contributed by atoms with Gasteiger partial charge in [-0.3, -0.25) is 0 Å². The van der Waals surface area contributed by atoms with Crippen LogP contribution in [0.3, 0.4) is 0 Å². The van der Waals surface area contributed by atoms with E-state index in [4.69, 9.17) is 9.47 Å². The molecule has 33 heavy (non-hydrogen) atoms. The molecule has 10 heteroatoms. The van der Waals surface area contributed by atoms with Gasteiger partial charge in [0.05, 0.1) is 19.4 Å². The first kappa shape index (κ1) is 21.5. The molecule has 0 radical (unpaired) electrons. The van der Waals surface area contributed by atoms with Crippen molar-refractivity contribution >= 4 is 29.0 Å². The maximum atomic E-state index is 6.16. The normalized spacial score (nSPS) is 15.2. The second-order valence-corrected chi connectivity index (χ2v) is 9.33. The summed E-state index contributed by atoms with van der Waals surface area (Å²) in [6.45, 7) is 2.52. The van der Waals surface area contributed by atoms with Crippen molar-refractivity contribution in [2.24, 2.45) is 0 Å². The third kappa shape index (κ3) is 4.44. The van der Waals surface area contributed by atoms with E-state index in [1.165, 1.54) is 0 Å². The number of aromatic nitrogens is 5. The number of anilines is 1. The summed E-state index contributed by atoms with van der Waals surface area (Å²) in [5, 5.41) is 17.5. The molecule has 0 aliphatic carbocycles. The molecule has 2 aromatic heterocycles. The highest BCUT2D eigenvalue weighted by Crippen LogP contribution is 2.38. The van der Waals surface area contributed by atoms with Gasteiger partial charge in [-0.2, -0.15) is 10.1 Å². The van der Waals surface area contributed by atoms with Crippen molar-refractivity contribution in [3.8, 4) is 16.3 Å². The average molecular weight is 479 g/mol. The molecular weight excluding hydrogens is 456 g/mol. The van der Waals surface area contributed by atoms with E-state index in [1.807, 2.05) is 66.2 Å². The Hall–Kier alpha value is -3.37. The molecule has 0 fully saturated rings. The number of fused-ring (bicyclic) bond motifs is 1. The minimum absolute atomic E-state index is 0.223. The molecule has 0 saturated carbocycles. The molecular formula is C23H22N6O2S2. The van der Waals surface area contributed by atoms with Crippen molar-refractivity contribution in [1.29, 1.82) is 0 Å². The van der Waals surface area contributed by atoms with Crippen molar-refractivity contribution in [2.45, 2.75) is 17.3 Å². The van der Waals surface area contributed by atoms with Gasteiger partial charge in [0.15, 0.2) is 4.34 Å². The van der Waals surface area contributed by atoms with E-state index in [1.54, 1.807) is 36.5 Å². The lowest BCUT2D eigenvalue weighted by atomic mass is 10.0. The monoisotopic (exact) mass is 478 g/mol. The van der Waals surface area contributed by atoms with Crippen LogP contribution in [0.2, 0.25) is 0 Å². The molecule has 1 aliphatic heterocycles. The summed E-state index contributed by atoms with van der Waals surface area (Å²) in [4.78, 5) is 4.40. The molecule has 2 aromatic carbocycles. The molecule has 4 aromatic rings. The highest BCUT2D eigenvalue weighted by atomic mass is 32.2. The number of nitrogens with one attached hydrogen (secondary N) is 1. The van der Waals surface area contributed by atoms with Gasteiger partial charge in [-0.15, -0.1) is 10.2 Å². The fourth-order valence-electron chi connectivity index (χ4n) is 3.61. The zero-order chi connectivity index (χ0) is 22.6. The average Bonchev–Trinajstić information content (AvgIpc) is 3.53. The maximum absolute atomic E-state index is 6.16. The summed E-state index contributed by atoms with van der Waals surface area (Å²) in [7, 11) is 1.66. The standard InChI is InChI=1S/C23H22N6O2S2/c1-3-31-20-18(13-32-23-28-27-21(33-23)16-7-5-4-6-8-16)26-22-24-14-25-29(22)19(20)15-9-11-17(30-2)12-10-15/h4-12,14,19H,3,13H2,1-2H3,(H,24,25,26). The van der Waals surface area contributed by atoms with Crippen LogP contribution < -0.4 is 10.1 Å². The topological polar surface area (TPSA) is 87.0 Å². The van der Waals surface area contributed by atoms with Gasteiger partial charge in [0, 0.05) is 11.3 Å². The number of hydrogen-bond acceptors (Lipinski definition) is 9. The molecule has 8 nitrogen and oxygen atoms in total. The summed E-state index contributed by atoms with van der Waals surface area (Å²) in [5.74, 6) is 2.94. The van der Waals surface area contributed by atoms with Gasteiger partial charge in [-0.1, -0.05) is 65.6 Å². The molecule has 0 bridgehead atoms. The third-order valence-electron chi connectivity index (χ3n) is 5.12. The lowest BCUT2D eigenvalue weighted by Crippen LogP contribution is -2.28. The van der Waals surface area contributed by atoms with Gasteiger partial charge in [0.1, 0.15) is 28.9 Å². The van der Waals surface area contributed by atoms with Gasteiger partial charge in [-0.05, 0) is 24.6 Å². The molecule has 1 unspecified atom stereocenters. The maximum Gasteiger partial charge on any atom is 0.226 e. The number of thioether (sulfide) groups is 1. The third-order valence-corrected chi connectivity index (χ3v) is 7.26. The molecule has 0 spiro atoms. The Morgan fingerprint density at radius 1 is 1.09 bits per heavy atom. The Kier molecular flexibility index (Phi) is 6.27. The summed E-state index contributed by atoms with van der Waals surface area (Å²) < 4.78 is 14.2. The Morgan fingerprint density at radius 2 is 1.91 bits per heavy atom. The predicted octanol–water partition coefficient (Wildman–Crippen LogP) is 4.86. The number of methoxy groups -OCH3 is 1. The van der Waals surface area contributed by atoms with Gasteiger partial charge < -0.3 is 14.8 Å². The minimum Gasteiger partial charge on any atom is -0.497 e. The number of benzene rings is 2. The first-order valence-corrected chi connectivity index (χ1v) is 12.2. The van der Waals surface area contributed by atoms with Crippen LogP contribution >= 0.6 is 23.1 Å². The number of rotatable bonds is 8. The molecule has 1 aliphatic rings. The Balaban J connectivity index is 1.44. The predicted molar refractivity (Wildman–Crippen MR) is 129 cm³/mol. The van der Waals surface area contributed by atoms with Crippen molar-refractivity contribution < 1.29 is 9.47 Å². The number of allylic oxidation sites excluding steroid dienone is 1. The van der Waals surface area contributed by atoms with E-state index in [-0.39, 0.29) is 6.04 Å². The summed E-state index contributed by atoms with van der Waals surface area (Å²) in [5.41, 5.74) is 3.05. The lowest BCUT2D eigenvalue weighted by molar-refractivity contribution is 0.192. The van der Waals surface area contributed by atoms with Crippen LogP contribution in [0.4, 0.5) is 5.95 Å². The van der Waals surface area contributed by atoms with E-state index in [0.717, 1.165) is 37.7 Å². The summed E-state index contributed by atoms with van der Waals surface area (Å²) in [6, 6.07) is 17.8. The highest BCUT2D eigenvalue weighted by Gasteiger charge is 2.32. The van der Waals surface area contributed by atoms with E-state index in [2.05, 4.69) is 25.6 Å². The lowest BCUT2D eigenvalue weighted by Gasteiger charge is -2.30. The molecule has 5 rings (SSSR count). The zero-order valence-electron chi connectivity index (χ0n) is 18.1. The van der Waals surface area contributed by atoms with Crippen LogP contribution in [0, 0.1) is 0 Å². The van der Waals surface area contributed by atoms with Crippen LogP contribution in [-0.2, 0) is 4.74 Å². The van der Waals surface area contributed by atoms with Crippen LogP contribution in [0.15, 0.2) is 76.7 Å². The second-order valence-electron chi connectivity index (χ2n) is 7.13. The van der Waals surface area contributed by atoms with E-state index in [0.29, 0.717) is 18.3 Å². The fraction of sp³-hybridized carbons (Fsp3) is 0.217. The first-order valence-electron chi connectivity index (χ1n) is 10.4. The molecule has 0 amide bonds. The summed E-state index contributed by atoms with van der Waals surface area (Å²) >= 11 is 3.20. The SMILES string of the molecule is CCOC1=C(CSc2nnc(-c3ccccc3)s2)Nc2ncnn2C1c1ccc(OC)cc1. The quantitative estimate of drug-likeness (QED) is 0.359. The smallest absolute Gasteiger partial charge is 0.226 e. The fourth-order valence-corrected chi connectivity index (χ4v) is 5.42. The molecule has 1 N–H and O–H groups in total. The number of ether oxygens (including phenoxy) is 2. The zero-order valence-corrected chi connectivity index (χ0v) is 19.8. The van der Waals surface area contributed by atoms with Gasteiger partial charge in [0.2, 0.25) is 5.95 Å². The molecule has 0 saturated heterocycles. The highest BCUT2D eigenvalue weighted by molar-refractivity contribution is 8.01. The Morgan fingerprint density at radius 3 is 2.67 bits per heavy atom. The summed E-state index contributed by atoms with van der Waals surface area (Å²) in [6.07, 6.45) is 1.55.